The zero-order valence-electron chi connectivity index (χ0n) is 12.5. The van der Waals surface area contributed by atoms with Gasteiger partial charge in [0, 0.05) is 0 Å². The summed E-state index contributed by atoms with van der Waals surface area (Å²) < 4.78 is 40.2. The highest BCUT2D eigenvalue weighted by atomic mass is 32.2. The predicted octanol–water partition coefficient (Wildman–Crippen LogP) is 3.08. The van der Waals surface area contributed by atoms with E-state index in [-0.39, 0.29) is 17.4 Å². The number of phenols is 1. The van der Waals surface area contributed by atoms with E-state index in [9.17, 15) is 17.9 Å². The standard InChI is InChI=1S/C17H18FNO3S/c18-17-15(6-3-7-16(17)20)19-23(21,22)9-8-12-10-13-4-1-2-5-14(13)11-12/h1-7,12,19-20H,8-11H2. The van der Waals surface area contributed by atoms with Crippen LogP contribution in [0.25, 0.3) is 0 Å². The van der Waals surface area contributed by atoms with Gasteiger partial charge in [-0.25, -0.2) is 12.8 Å². The summed E-state index contributed by atoms with van der Waals surface area (Å²) in [6, 6.07) is 12.0. The van der Waals surface area contributed by atoms with Gasteiger partial charge in [-0.15, -0.1) is 0 Å². The number of fused-ring (bicyclic) bond motifs is 1. The van der Waals surface area contributed by atoms with Crippen LogP contribution in [0.4, 0.5) is 10.1 Å². The molecular weight excluding hydrogens is 317 g/mol. The Kier molecular flexibility index (Phi) is 4.26. The van der Waals surface area contributed by atoms with Crippen LogP contribution in [0.2, 0.25) is 0 Å². The molecule has 0 fully saturated rings. The third-order valence-electron chi connectivity index (χ3n) is 4.17. The van der Waals surface area contributed by atoms with Crippen molar-refractivity contribution in [3.8, 4) is 5.75 Å². The maximum absolute atomic E-state index is 13.7. The SMILES string of the molecule is O=S(=O)(CCC1Cc2ccccc2C1)Nc1cccc(O)c1F. The molecule has 0 saturated heterocycles. The van der Waals surface area contributed by atoms with Gasteiger partial charge in [0.15, 0.2) is 11.6 Å². The highest BCUT2D eigenvalue weighted by molar-refractivity contribution is 7.92. The summed E-state index contributed by atoms with van der Waals surface area (Å²) in [6.45, 7) is 0. The third-order valence-corrected chi connectivity index (χ3v) is 5.48. The molecule has 0 unspecified atom stereocenters. The van der Waals surface area contributed by atoms with E-state index < -0.39 is 21.6 Å². The molecule has 0 atom stereocenters. The minimum Gasteiger partial charge on any atom is -0.505 e. The van der Waals surface area contributed by atoms with E-state index in [1.54, 1.807) is 0 Å². The molecule has 1 aliphatic rings. The van der Waals surface area contributed by atoms with Crippen molar-refractivity contribution in [1.82, 2.24) is 0 Å². The zero-order chi connectivity index (χ0) is 16.4. The van der Waals surface area contributed by atoms with Crippen molar-refractivity contribution in [3.05, 3.63) is 59.4 Å². The van der Waals surface area contributed by atoms with Gasteiger partial charge in [-0.2, -0.15) is 0 Å². The normalized spacial score (nSPS) is 14.7. The Morgan fingerprint density at radius 3 is 2.39 bits per heavy atom. The van der Waals surface area contributed by atoms with Gasteiger partial charge in [-0.3, -0.25) is 4.72 Å². The smallest absolute Gasteiger partial charge is 0.232 e. The number of anilines is 1. The Bertz CT molecular complexity index is 795. The van der Waals surface area contributed by atoms with Crippen LogP contribution in [-0.2, 0) is 22.9 Å². The summed E-state index contributed by atoms with van der Waals surface area (Å²) in [5.74, 6) is -1.31. The van der Waals surface area contributed by atoms with Gasteiger partial charge in [-0.1, -0.05) is 30.3 Å². The van der Waals surface area contributed by atoms with Crippen LogP contribution in [0.15, 0.2) is 42.5 Å². The molecule has 3 rings (SSSR count). The fourth-order valence-corrected chi connectivity index (χ4v) is 4.23. The van der Waals surface area contributed by atoms with E-state index in [1.165, 1.54) is 29.3 Å². The average Bonchev–Trinajstić information content (AvgIpc) is 2.93. The Morgan fingerprint density at radius 2 is 1.74 bits per heavy atom. The molecule has 23 heavy (non-hydrogen) atoms. The Labute approximate surface area is 135 Å². The lowest BCUT2D eigenvalue weighted by Gasteiger charge is -2.12. The molecule has 0 spiro atoms. The summed E-state index contributed by atoms with van der Waals surface area (Å²) in [6.07, 6.45) is 2.28. The molecule has 6 heteroatoms. The minimum absolute atomic E-state index is 0.0687. The first-order valence-corrected chi connectivity index (χ1v) is 9.14. The second-order valence-corrected chi connectivity index (χ2v) is 7.73. The minimum atomic E-state index is -3.65. The van der Waals surface area contributed by atoms with Crippen molar-refractivity contribution in [1.29, 1.82) is 0 Å². The maximum Gasteiger partial charge on any atom is 0.232 e. The van der Waals surface area contributed by atoms with Crippen LogP contribution in [0.1, 0.15) is 17.5 Å². The van der Waals surface area contributed by atoms with E-state index in [0.29, 0.717) is 6.42 Å². The van der Waals surface area contributed by atoms with E-state index in [1.807, 2.05) is 12.1 Å². The molecule has 0 amide bonds. The van der Waals surface area contributed by atoms with Crippen molar-refractivity contribution in [2.24, 2.45) is 5.92 Å². The number of halogens is 1. The first kappa shape index (κ1) is 15.8. The lowest BCUT2D eigenvalue weighted by Crippen LogP contribution is -2.19. The fourth-order valence-electron chi connectivity index (χ4n) is 2.99. The predicted molar refractivity (Wildman–Crippen MR) is 87.4 cm³/mol. The molecule has 0 saturated carbocycles. The average molecular weight is 335 g/mol. The van der Waals surface area contributed by atoms with Crippen molar-refractivity contribution in [3.63, 3.8) is 0 Å². The van der Waals surface area contributed by atoms with Crippen LogP contribution < -0.4 is 4.72 Å². The van der Waals surface area contributed by atoms with Crippen LogP contribution in [0.5, 0.6) is 5.75 Å². The van der Waals surface area contributed by atoms with E-state index >= 15 is 0 Å². The molecule has 0 bridgehead atoms. The molecule has 2 aromatic carbocycles. The Morgan fingerprint density at radius 1 is 1.09 bits per heavy atom. The number of sulfonamides is 1. The summed E-state index contributed by atoms with van der Waals surface area (Å²) in [4.78, 5) is 0. The molecule has 2 N–H and O–H groups in total. The number of aromatic hydroxyl groups is 1. The fraction of sp³-hybridized carbons (Fsp3) is 0.294. The number of hydrogen-bond acceptors (Lipinski definition) is 3. The lowest BCUT2D eigenvalue weighted by molar-refractivity contribution is 0.434. The largest absolute Gasteiger partial charge is 0.505 e. The van der Waals surface area contributed by atoms with Crippen molar-refractivity contribution < 1.29 is 17.9 Å². The third kappa shape index (κ3) is 3.64. The lowest BCUT2D eigenvalue weighted by atomic mass is 10.0. The zero-order valence-corrected chi connectivity index (χ0v) is 13.3. The maximum atomic E-state index is 13.7. The molecule has 4 nitrogen and oxygen atoms in total. The van der Waals surface area contributed by atoms with E-state index in [4.69, 9.17) is 0 Å². The van der Waals surface area contributed by atoms with Crippen LogP contribution in [-0.4, -0.2) is 19.3 Å². The first-order chi connectivity index (χ1) is 10.9. The van der Waals surface area contributed by atoms with Crippen molar-refractivity contribution >= 4 is 15.7 Å². The summed E-state index contributed by atoms with van der Waals surface area (Å²) in [5, 5.41) is 9.29. The van der Waals surface area contributed by atoms with Crippen LogP contribution >= 0.6 is 0 Å². The Balaban J connectivity index is 1.61. The van der Waals surface area contributed by atoms with Crippen LogP contribution in [0.3, 0.4) is 0 Å². The number of nitrogens with one attached hydrogen (secondary N) is 1. The molecule has 0 radical (unpaired) electrons. The highest BCUT2D eigenvalue weighted by Crippen LogP contribution is 2.29. The van der Waals surface area contributed by atoms with Crippen LogP contribution in [0, 0.1) is 11.7 Å². The highest BCUT2D eigenvalue weighted by Gasteiger charge is 2.23. The van der Waals surface area contributed by atoms with Gasteiger partial charge in [0.25, 0.3) is 0 Å². The monoisotopic (exact) mass is 335 g/mol. The molecule has 1 aliphatic carbocycles. The summed E-state index contributed by atoms with van der Waals surface area (Å²) >= 11 is 0. The summed E-state index contributed by atoms with van der Waals surface area (Å²) in [7, 11) is -3.65. The molecule has 0 heterocycles. The van der Waals surface area contributed by atoms with Gasteiger partial charge in [-0.05, 0) is 48.4 Å². The summed E-state index contributed by atoms with van der Waals surface area (Å²) in [5.41, 5.74) is 2.34. The quantitative estimate of drug-likeness (QED) is 0.882. The first-order valence-electron chi connectivity index (χ1n) is 7.49. The van der Waals surface area contributed by atoms with Crippen molar-refractivity contribution in [2.45, 2.75) is 19.3 Å². The van der Waals surface area contributed by atoms with Gasteiger partial charge < -0.3 is 5.11 Å². The van der Waals surface area contributed by atoms with Gasteiger partial charge in [0.1, 0.15) is 0 Å². The second-order valence-electron chi connectivity index (χ2n) is 5.89. The molecule has 2 aromatic rings. The number of rotatable bonds is 5. The van der Waals surface area contributed by atoms with E-state index in [2.05, 4.69) is 16.9 Å². The topological polar surface area (TPSA) is 66.4 Å². The van der Waals surface area contributed by atoms with Gasteiger partial charge in [0.05, 0.1) is 11.4 Å². The molecular formula is C17H18FNO3S. The molecule has 0 aromatic heterocycles. The molecule has 0 aliphatic heterocycles. The number of benzene rings is 2. The molecule has 122 valence electrons. The van der Waals surface area contributed by atoms with Gasteiger partial charge >= 0.3 is 0 Å². The van der Waals surface area contributed by atoms with E-state index in [0.717, 1.165) is 12.8 Å². The Hall–Kier alpha value is -2.08. The van der Waals surface area contributed by atoms with Gasteiger partial charge in [0.2, 0.25) is 10.0 Å². The number of phenolic OH excluding ortho intramolecular Hbond substituents is 1. The second kappa shape index (κ2) is 6.20. The van der Waals surface area contributed by atoms with Crippen molar-refractivity contribution in [2.75, 3.05) is 10.5 Å². The number of hydrogen-bond donors (Lipinski definition) is 2.